The van der Waals surface area contributed by atoms with Crippen molar-refractivity contribution in [2.24, 2.45) is 0 Å². The number of aromatic nitrogens is 1. The van der Waals surface area contributed by atoms with E-state index in [2.05, 4.69) is 29.3 Å². The van der Waals surface area contributed by atoms with Crippen molar-refractivity contribution in [3.05, 3.63) is 16.6 Å². The second-order valence-electron chi connectivity index (χ2n) is 3.38. The standard InChI is InChI=1S/C9H17N3S/c1-10-8(7-12(2)3)6-9-11-4-5-13-9/h4-5,8,10H,6-7H2,1-3H3. The molecular weight excluding hydrogens is 182 g/mol. The molecule has 0 amide bonds. The lowest BCUT2D eigenvalue weighted by molar-refractivity contribution is 0.346. The maximum atomic E-state index is 4.27. The third-order valence-electron chi connectivity index (χ3n) is 1.90. The molecule has 0 spiro atoms. The Morgan fingerprint density at radius 1 is 1.62 bits per heavy atom. The first kappa shape index (κ1) is 10.6. The second-order valence-corrected chi connectivity index (χ2v) is 4.36. The van der Waals surface area contributed by atoms with Crippen LogP contribution in [0, 0.1) is 0 Å². The maximum Gasteiger partial charge on any atom is 0.0940 e. The van der Waals surface area contributed by atoms with Gasteiger partial charge in [0, 0.05) is 30.6 Å². The topological polar surface area (TPSA) is 28.2 Å². The number of rotatable bonds is 5. The fourth-order valence-electron chi connectivity index (χ4n) is 1.26. The van der Waals surface area contributed by atoms with Gasteiger partial charge < -0.3 is 10.2 Å². The Bertz CT molecular complexity index is 221. The van der Waals surface area contributed by atoms with Crippen LogP contribution in [0.5, 0.6) is 0 Å². The SMILES string of the molecule is CNC(Cc1nccs1)CN(C)C. The summed E-state index contributed by atoms with van der Waals surface area (Å²) in [6.45, 7) is 1.05. The summed E-state index contributed by atoms with van der Waals surface area (Å²) in [5.41, 5.74) is 0. The lowest BCUT2D eigenvalue weighted by Gasteiger charge is -2.19. The van der Waals surface area contributed by atoms with Gasteiger partial charge in [-0.05, 0) is 21.1 Å². The molecule has 1 rings (SSSR count). The molecule has 0 saturated heterocycles. The van der Waals surface area contributed by atoms with E-state index >= 15 is 0 Å². The summed E-state index contributed by atoms with van der Waals surface area (Å²) in [4.78, 5) is 6.46. The minimum absolute atomic E-state index is 0.501. The third-order valence-corrected chi connectivity index (χ3v) is 2.70. The normalized spacial score (nSPS) is 13.5. The molecule has 0 bridgehead atoms. The van der Waals surface area contributed by atoms with E-state index in [1.165, 1.54) is 5.01 Å². The number of hydrogen-bond donors (Lipinski definition) is 1. The highest BCUT2D eigenvalue weighted by atomic mass is 32.1. The van der Waals surface area contributed by atoms with Gasteiger partial charge in [0.15, 0.2) is 0 Å². The molecule has 0 aliphatic heterocycles. The van der Waals surface area contributed by atoms with Crippen molar-refractivity contribution >= 4 is 11.3 Å². The zero-order valence-electron chi connectivity index (χ0n) is 8.45. The number of nitrogens with zero attached hydrogens (tertiary/aromatic N) is 2. The van der Waals surface area contributed by atoms with Gasteiger partial charge in [-0.25, -0.2) is 4.98 Å². The van der Waals surface area contributed by atoms with Crippen molar-refractivity contribution in [2.45, 2.75) is 12.5 Å². The monoisotopic (exact) mass is 199 g/mol. The predicted molar refractivity (Wildman–Crippen MR) is 57.2 cm³/mol. The van der Waals surface area contributed by atoms with Gasteiger partial charge in [0.05, 0.1) is 5.01 Å². The zero-order chi connectivity index (χ0) is 9.68. The van der Waals surface area contributed by atoms with Crippen LogP contribution in [0.15, 0.2) is 11.6 Å². The quantitative estimate of drug-likeness (QED) is 0.761. The molecule has 1 atom stereocenters. The second kappa shape index (κ2) is 5.32. The van der Waals surface area contributed by atoms with Gasteiger partial charge in [0.1, 0.15) is 0 Å². The number of nitrogens with one attached hydrogen (secondary N) is 1. The number of likely N-dealkylation sites (N-methyl/N-ethyl adjacent to an activating group) is 2. The molecule has 13 heavy (non-hydrogen) atoms. The van der Waals surface area contributed by atoms with Gasteiger partial charge >= 0.3 is 0 Å². The summed E-state index contributed by atoms with van der Waals surface area (Å²) in [7, 11) is 6.18. The molecule has 4 heteroatoms. The molecule has 1 aromatic heterocycles. The van der Waals surface area contributed by atoms with E-state index in [-0.39, 0.29) is 0 Å². The van der Waals surface area contributed by atoms with Crippen LogP contribution < -0.4 is 5.32 Å². The molecule has 3 nitrogen and oxygen atoms in total. The zero-order valence-corrected chi connectivity index (χ0v) is 9.27. The highest BCUT2D eigenvalue weighted by Crippen LogP contribution is 2.07. The molecular formula is C9H17N3S. The van der Waals surface area contributed by atoms with Gasteiger partial charge in [0.2, 0.25) is 0 Å². The molecule has 1 N–H and O–H groups in total. The molecule has 1 heterocycles. The summed E-state index contributed by atoms with van der Waals surface area (Å²) < 4.78 is 0. The molecule has 1 aromatic rings. The molecule has 0 fully saturated rings. The molecule has 74 valence electrons. The van der Waals surface area contributed by atoms with Crippen molar-refractivity contribution in [3.8, 4) is 0 Å². The molecule has 0 aromatic carbocycles. The van der Waals surface area contributed by atoms with Crippen molar-refractivity contribution in [2.75, 3.05) is 27.7 Å². The van der Waals surface area contributed by atoms with E-state index in [9.17, 15) is 0 Å². The van der Waals surface area contributed by atoms with E-state index in [4.69, 9.17) is 0 Å². The fourth-order valence-corrected chi connectivity index (χ4v) is 1.96. The minimum atomic E-state index is 0.501. The summed E-state index contributed by atoms with van der Waals surface area (Å²) in [6, 6.07) is 0.501. The minimum Gasteiger partial charge on any atom is -0.315 e. The Hall–Kier alpha value is -0.450. The van der Waals surface area contributed by atoms with Crippen molar-refractivity contribution in [1.82, 2.24) is 15.2 Å². The van der Waals surface area contributed by atoms with Gasteiger partial charge in [-0.3, -0.25) is 0 Å². The first-order valence-corrected chi connectivity index (χ1v) is 5.30. The van der Waals surface area contributed by atoms with E-state index in [0.29, 0.717) is 6.04 Å². The summed E-state index contributed by atoms with van der Waals surface area (Å²) >= 11 is 1.72. The summed E-state index contributed by atoms with van der Waals surface area (Å²) in [6.07, 6.45) is 2.88. The van der Waals surface area contributed by atoms with E-state index in [0.717, 1.165) is 13.0 Å². The van der Waals surface area contributed by atoms with E-state index < -0.39 is 0 Å². The van der Waals surface area contributed by atoms with Crippen LogP contribution in [0.4, 0.5) is 0 Å². The third kappa shape index (κ3) is 3.85. The first-order valence-electron chi connectivity index (χ1n) is 4.42. The summed E-state index contributed by atoms with van der Waals surface area (Å²) in [5, 5.41) is 6.53. The Kier molecular flexibility index (Phi) is 4.35. The lowest BCUT2D eigenvalue weighted by atomic mass is 10.2. The summed E-state index contributed by atoms with van der Waals surface area (Å²) in [5.74, 6) is 0. The molecule has 0 aliphatic rings. The van der Waals surface area contributed by atoms with E-state index in [1.807, 2.05) is 18.6 Å². The fraction of sp³-hybridized carbons (Fsp3) is 0.667. The smallest absolute Gasteiger partial charge is 0.0940 e. The van der Waals surface area contributed by atoms with Gasteiger partial charge in [0.25, 0.3) is 0 Å². The first-order chi connectivity index (χ1) is 6.22. The molecule has 0 saturated carbocycles. The highest BCUT2D eigenvalue weighted by molar-refractivity contribution is 7.09. The van der Waals surface area contributed by atoms with Crippen LogP contribution in [0.3, 0.4) is 0 Å². The maximum absolute atomic E-state index is 4.27. The van der Waals surface area contributed by atoms with Gasteiger partial charge in [-0.15, -0.1) is 11.3 Å². The van der Waals surface area contributed by atoms with Crippen LogP contribution >= 0.6 is 11.3 Å². The van der Waals surface area contributed by atoms with Gasteiger partial charge in [-0.2, -0.15) is 0 Å². The highest BCUT2D eigenvalue weighted by Gasteiger charge is 2.09. The van der Waals surface area contributed by atoms with E-state index in [1.54, 1.807) is 11.3 Å². The number of hydrogen-bond acceptors (Lipinski definition) is 4. The average Bonchev–Trinajstić information content (AvgIpc) is 2.55. The average molecular weight is 199 g/mol. The Balaban J connectivity index is 2.40. The predicted octanol–water partition coefficient (Wildman–Crippen LogP) is 0.835. The van der Waals surface area contributed by atoms with Crippen molar-refractivity contribution < 1.29 is 0 Å². The van der Waals surface area contributed by atoms with Crippen molar-refractivity contribution in [3.63, 3.8) is 0 Å². The molecule has 0 aliphatic carbocycles. The van der Waals surface area contributed by atoms with Crippen LogP contribution in [-0.2, 0) is 6.42 Å². The molecule has 0 radical (unpaired) electrons. The van der Waals surface area contributed by atoms with Crippen LogP contribution in [0.2, 0.25) is 0 Å². The Morgan fingerprint density at radius 2 is 2.38 bits per heavy atom. The molecule has 1 unspecified atom stereocenters. The Morgan fingerprint density at radius 3 is 2.85 bits per heavy atom. The lowest BCUT2D eigenvalue weighted by Crippen LogP contribution is -2.37. The largest absolute Gasteiger partial charge is 0.315 e. The Labute approximate surface area is 83.8 Å². The van der Waals surface area contributed by atoms with Crippen molar-refractivity contribution in [1.29, 1.82) is 0 Å². The number of thiazole rings is 1. The van der Waals surface area contributed by atoms with Crippen LogP contribution in [0.1, 0.15) is 5.01 Å². The van der Waals surface area contributed by atoms with Gasteiger partial charge in [-0.1, -0.05) is 0 Å². The van der Waals surface area contributed by atoms with Crippen LogP contribution in [0.25, 0.3) is 0 Å². The van der Waals surface area contributed by atoms with Crippen LogP contribution in [-0.4, -0.2) is 43.6 Å².